The highest BCUT2D eigenvalue weighted by molar-refractivity contribution is 8.77. The SMILES string of the molecule is CC(=O)N[C@@H](Cc1c[nH]c2ccccc12)C(=O)N[C@H](CSSC(C)(C)C)C(=O)N1CCC[C@H]1C(=O)O. The Labute approximate surface area is 218 Å². The molecule has 0 bridgehead atoms. The number of benzene rings is 1. The molecule has 0 unspecified atom stereocenters. The van der Waals surface area contributed by atoms with Gasteiger partial charge in [-0.1, -0.05) is 60.6 Å². The Morgan fingerprint density at radius 3 is 2.56 bits per heavy atom. The molecule has 0 saturated carbocycles. The zero-order valence-electron chi connectivity index (χ0n) is 21.0. The Kier molecular flexibility index (Phi) is 9.35. The number of amides is 3. The summed E-state index contributed by atoms with van der Waals surface area (Å²) in [6.45, 7) is 7.83. The summed E-state index contributed by atoms with van der Waals surface area (Å²) in [7, 11) is 3.04. The number of aliphatic carboxylic acids is 1. The largest absolute Gasteiger partial charge is 0.480 e. The minimum Gasteiger partial charge on any atom is -0.480 e. The Bertz CT molecular complexity index is 1110. The molecule has 3 rings (SSSR count). The number of aromatic nitrogens is 1. The van der Waals surface area contributed by atoms with Crippen molar-refractivity contribution in [2.75, 3.05) is 12.3 Å². The lowest BCUT2D eigenvalue weighted by Gasteiger charge is -2.29. The van der Waals surface area contributed by atoms with Crippen LogP contribution in [-0.2, 0) is 25.6 Å². The van der Waals surface area contributed by atoms with Crippen molar-refractivity contribution in [1.29, 1.82) is 0 Å². The summed E-state index contributed by atoms with van der Waals surface area (Å²) in [5, 5.41) is 16.0. The molecule has 2 aromatic rings. The van der Waals surface area contributed by atoms with Gasteiger partial charge in [0.2, 0.25) is 17.7 Å². The van der Waals surface area contributed by atoms with Crippen LogP contribution in [0.15, 0.2) is 30.5 Å². The number of aromatic amines is 1. The second-order valence-electron chi connectivity index (χ2n) is 9.89. The zero-order valence-corrected chi connectivity index (χ0v) is 22.6. The van der Waals surface area contributed by atoms with E-state index >= 15 is 0 Å². The van der Waals surface area contributed by atoms with Crippen molar-refractivity contribution in [3.8, 4) is 0 Å². The van der Waals surface area contributed by atoms with E-state index in [9.17, 15) is 24.3 Å². The average Bonchev–Trinajstić information content (AvgIpc) is 3.44. The maximum atomic E-state index is 13.4. The first kappa shape index (κ1) is 27.9. The Hall–Kier alpha value is -2.66. The number of nitrogens with one attached hydrogen (secondary N) is 3. The highest BCUT2D eigenvalue weighted by Crippen LogP contribution is 2.35. The third kappa shape index (κ3) is 7.42. The highest BCUT2D eigenvalue weighted by Gasteiger charge is 2.38. The van der Waals surface area contributed by atoms with Crippen molar-refractivity contribution in [3.05, 3.63) is 36.0 Å². The third-order valence-electron chi connectivity index (χ3n) is 5.77. The van der Waals surface area contributed by atoms with Gasteiger partial charge in [0.1, 0.15) is 18.1 Å². The van der Waals surface area contributed by atoms with Crippen molar-refractivity contribution in [1.82, 2.24) is 20.5 Å². The first-order chi connectivity index (χ1) is 17.0. The van der Waals surface area contributed by atoms with Crippen LogP contribution in [0.5, 0.6) is 0 Å². The van der Waals surface area contributed by atoms with E-state index < -0.39 is 35.9 Å². The zero-order chi connectivity index (χ0) is 26.5. The van der Waals surface area contributed by atoms with Crippen LogP contribution in [0, 0.1) is 0 Å². The number of hydrogen-bond acceptors (Lipinski definition) is 6. The fraction of sp³-hybridized carbons (Fsp3) is 0.520. The maximum Gasteiger partial charge on any atom is 0.326 e. The lowest BCUT2D eigenvalue weighted by molar-refractivity contribution is -0.149. The molecular formula is C25H34N4O5S2. The fourth-order valence-electron chi connectivity index (χ4n) is 4.19. The van der Waals surface area contributed by atoms with Crippen LogP contribution >= 0.6 is 21.6 Å². The second-order valence-corrected chi connectivity index (χ2v) is 13.1. The summed E-state index contributed by atoms with van der Waals surface area (Å²) in [5.41, 5.74) is 1.79. The number of rotatable bonds is 10. The molecule has 1 saturated heterocycles. The summed E-state index contributed by atoms with van der Waals surface area (Å²) in [4.78, 5) is 55.0. The Morgan fingerprint density at radius 1 is 1.17 bits per heavy atom. The lowest BCUT2D eigenvalue weighted by atomic mass is 10.0. The van der Waals surface area contributed by atoms with E-state index in [0.717, 1.165) is 16.5 Å². The predicted molar refractivity (Wildman–Crippen MR) is 144 cm³/mol. The van der Waals surface area contributed by atoms with Gasteiger partial charge < -0.3 is 25.6 Å². The molecule has 1 aromatic carbocycles. The fourth-order valence-corrected chi connectivity index (χ4v) is 6.64. The Balaban J connectivity index is 1.80. The second kappa shape index (κ2) is 12.1. The topological polar surface area (TPSA) is 132 Å². The van der Waals surface area contributed by atoms with Crippen molar-refractivity contribution in [2.45, 2.75) is 69.8 Å². The van der Waals surface area contributed by atoms with E-state index in [1.807, 2.05) is 30.5 Å². The van der Waals surface area contributed by atoms with E-state index in [-0.39, 0.29) is 22.8 Å². The van der Waals surface area contributed by atoms with E-state index in [2.05, 4.69) is 36.4 Å². The van der Waals surface area contributed by atoms with Crippen LogP contribution in [-0.4, -0.2) is 73.9 Å². The molecule has 9 nitrogen and oxygen atoms in total. The lowest BCUT2D eigenvalue weighted by Crippen LogP contribution is -2.57. The summed E-state index contributed by atoms with van der Waals surface area (Å²) in [6, 6.07) is 4.97. The molecule has 0 radical (unpaired) electrons. The first-order valence-corrected chi connectivity index (χ1v) is 14.2. The molecule has 1 aliphatic heterocycles. The number of fused-ring (bicyclic) bond motifs is 1. The summed E-state index contributed by atoms with van der Waals surface area (Å²) >= 11 is 0. The van der Waals surface area contributed by atoms with Crippen LogP contribution < -0.4 is 10.6 Å². The van der Waals surface area contributed by atoms with E-state index in [0.29, 0.717) is 19.4 Å². The number of nitrogens with zero attached hydrogens (tertiary/aromatic N) is 1. The van der Waals surface area contributed by atoms with Crippen molar-refractivity contribution in [2.24, 2.45) is 0 Å². The summed E-state index contributed by atoms with van der Waals surface area (Å²) in [5.74, 6) is -2.03. The van der Waals surface area contributed by atoms with Crippen LogP contribution in [0.1, 0.15) is 46.1 Å². The number of carboxylic acid groups (broad SMARTS) is 1. The molecule has 3 atom stereocenters. The van der Waals surface area contributed by atoms with Gasteiger partial charge in [0.15, 0.2) is 0 Å². The van der Waals surface area contributed by atoms with Crippen LogP contribution in [0.3, 0.4) is 0 Å². The molecule has 0 aliphatic carbocycles. The van der Waals surface area contributed by atoms with E-state index in [1.165, 1.54) is 22.6 Å². The molecule has 1 fully saturated rings. The van der Waals surface area contributed by atoms with E-state index in [1.54, 1.807) is 10.8 Å². The third-order valence-corrected chi connectivity index (χ3v) is 9.12. The van der Waals surface area contributed by atoms with Gasteiger partial charge in [-0.15, -0.1) is 0 Å². The Morgan fingerprint density at radius 2 is 1.89 bits per heavy atom. The van der Waals surface area contributed by atoms with Gasteiger partial charge in [0, 0.05) is 47.5 Å². The van der Waals surface area contributed by atoms with Crippen LogP contribution in [0.2, 0.25) is 0 Å². The van der Waals surface area contributed by atoms with Crippen molar-refractivity contribution >= 4 is 56.2 Å². The van der Waals surface area contributed by atoms with Gasteiger partial charge in [-0.05, 0) is 24.5 Å². The van der Waals surface area contributed by atoms with Gasteiger partial charge in [0.05, 0.1) is 0 Å². The van der Waals surface area contributed by atoms with Gasteiger partial charge in [-0.3, -0.25) is 14.4 Å². The first-order valence-electron chi connectivity index (χ1n) is 11.9. The van der Waals surface area contributed by atoms with Crippen molar-refractivity contribution in [3.63, 3.8) is 0 Å². The molecule has 1 aromatic heterocycles. The van der Waals surface area contributed by atoms with Gasteiger partial charge in [-0.25, -0.2) is 4.79 Å². The number of likely N-dealkylation sites (tertiary alicyclic amines) is 1. The molecule has 0 spiro atoms. The number of carboxylic acids is 1. The highest BCUT2D eigenvalue weighted by atomic mass is 33.1. The molecule has 4 N–H and O–H groups in total. The van der Waals surface area contributed by atoms with Crippen LogP contribution in [0.4, 0.5) is 0 Å². The molecular weight excluding hydrogens is 500 g/mol. The molecule has 11 heteroatoms. The number of carbonyl (C=O) groups is 4. The number of carbonyl (C=O) groups excluding carboxylic acids is 3. The van der Waals surface area contributed by atoms with Gasteiger partial charge in [0.25, 0.3) is 0 Å². The van der Waals surface area contributed by atoms with E-state index in [4.69, 9.17) is 0 Å². The van der Waals surface area contributed by atoms with Gasteiger partial charge in [-0.2, -0.15) is 0 Å². The molecule has 196 valence electrons. The molecule has 1 aliphatic rings. The summed E-state index contributed by atoms with van der Waals surface area (Å²) in [6.07, 6.45) is 3.04. The predicted octanol–water partition coefficient (Wildman–Crippen LogP) is 2.96. The molecule has 3 amide bonds. The quantitative estimate of drug-likeness (QED) is 0.345. The number of hydrogen-bond donors (Lipinski definition) is 4. The normalized spacial score (nSPS) is 17.6. The number of H-pyrrole nitrogens is 1. The monoisotopic (exact) mass is 534 g/mol. The minimum atomic E-state index is -1.04. The summed E-state index contributed by atoms with van der Waals surface area (Å²) < 4.78 is -0.0619. The minimum absolute atomic E-state index is 0.0619. The van der Waals surface area contributed by atoms with Crippen molar-refractivity contribution < 1.29 is 24.3 Å². The average molecular weight is 535 g/mol. The number of para-hydroxylation sites is 1. The maximum absolute atomic E-state index is 13.4. The smallest absolute Gasteiger partial charge is 0.326 e. The standard InChI is InChI=1S/C25H34N4O5S2/c1-15(30)27-19(12-16-13-26-18-9-6-5-8-17(16)18)22(31)28-20(14-35-36-25(2,3)4)23(32)29-11-7-10-21(29)24(33)34/h5-6,8-9,13,19-21,26H,7,10-12,14H2,1-4H3,(H,27,30)(H,28,31)(H,33,34)/t19-,20+,21-/m0/s1. The van der Waals surface area contributed by atoms with Crippen LogP contribution in [0.25, 0.3) is 10.9 Å². The molecule has 2 heterocycles. The molecule has 36 heavy (non-hydrogen) atoms. The van der Waals surface area contributed by atoms with Gasteiger partial charge >= 0.3 is 5.97 Å².